The van der Waals surface area contributed by atoms with E-state index in [0.29, 0.717) is 33.4 Å². The van der Waals surface area contributed by atoms with Crippen molar-refractivity contribution >= 4 is 0 Å². The highest BCUT2D eigenvalue weighted by Gasteiger charge is 2.40. The lowest BCUT2D eigenvalue weighted by Crippen LogP contribution is -2.28. The molecule has 0 radical (unpaired) electrons. The first-order valence-corrected chi connectivity index (χ1v) is 21.3. The summed E-state index contributed by atoms with van der Waals surface area (Å²) in [4.78, 5) is 0. The predicted octanol–water partition coefficient (Wildman–Crippen LogP) is 12.7. The summed E-state index contributed by atoms with van der Waals surface area (Å²) in [5, 5.41) is 87.8. The van der Waals surface area contributed by atoms with Gasteiger partial charge >= 0.3 is 0 Å². The van der Waals surface area contributed by atoms with Crippen molar-refractivity contribution < 1.29 is 40.9 Å². The Hall–Kier alpha value is -8.62. The van der Waals surface area contributed by atoms with Crippen molar-refractivity contribution in [2.75, 3.05) is 0 Å². The number of rotatable bonds is 10. The van der Waals surface area contributed by atoms with Crippen LogP contribution in [0.25, 0.3) is 44.5 Å². The van der Waals surface area contributed by atoms with Gasteiger partial charge in [0.1, 0.15) is 46.0 Å². The van der Waals surface area contributed by atoms with Gasteiger partial charge in [0.2, 0.25) is 0 Å². The molecule has 0 saturated carbocycles. The molecule has 0 heterocycles. The average molecular weight is 871 g/mol. The van der Waals surface area contributed by atoms with Crippen molar-refractivity contribution in [3.8, 4) is 90.5 Å². The number of phenolic OH excluding ortho intramolecular Hbond substituents is 8. The molecule has 66 heavy (non-hydrogen) atoms. The highest BCUT2D eigenvalue weighted by Crippen LogP contribution is 2.51. The molecule has 0 saturated heterocycles. The van der Waals surface area contributed by atoms with Crippen molar-refractivity contribution in [2.24, 2.45) is 0 Å². The minimum Gasteiger partial charge on any atom is -0.508 e. The quantitative estimate of drug-likeness (QED) is 0.0630. The smallest absolute Gasteiger partial charge is 0.120 e. The van der Waals surface area contributed by atoms with Gasteiger partial charge in [0.15, 0.2) is 0 Å². The summed E-state index contributed by atoms with van der Waals surface area (Å²) in [6, 6.07) is 56.0. The van der Waals surface area contributed by atoms with Crippen molar-refractivity contribution in [3.63, 3.8) is 0 Å². The van der Waals surface area contributed by atoms with Crippen molar-refractivity contribution in [1.82, 2.24) is 0 Å². The molecule has 0 aliphatic carbocycles. The second-order valence-corrected chi connectivity index (χ2v) is 16.9. The van der Waals surface area contributed by atoms with Crippen LogP contribution in [0.3, 0.4) is 0 Å². The molecular weight excluding hydrogens is 825 g/mol. The monoisotopic (exact) mass is 870 g/mol. The number of aromatic hydroxyl groups is 8. The summed E-state index contributed by atoms with van der Waals surface area (Å²) in [5.41, 5.74) is 7.11. The standard InChI is InChI=1S/C58H46O8/c1-57(49-31-39(11-27-53(49)63)35-3-19-45(59)20-4-35,50-32-40(12-28-54(50)64)36-5-21-46(60)22-6-36)43-15-17-44(18-16-43)58(2,51-33-41(13-29-55(51)65)37-7-23-47(61)24-8-37)52-34-42(14-30-56(52)66)38-9-25-48(62)26-10-38/h3-34,59-66H,1-2H3. The summed E-state index contributed by atoms with van der Waals surface area (Å²) in [7, 11) is 0. The molecule has 8 nitrogen and oxygen atoms in total. The van der Waals surface area contributed by atoms with E-state index >= 15 is 0 Å². The summed E-state index contributed by atoms with van der Waals surface area (Å²) in [5.74, 6) is 0.395. The van der Waals surface area contributed by atoms with E-state index in [1.54, 1.807) is 146 Å². The summed E-state index contributed by atoms with van der Waals surface area (Å²) in [6.45, 7) is 3.87. The third-order valence-corrected chi connectivity index (χ3v) is 13.0. The van der Waals surface area contributed by atoms with Gasteiger partial charge in [0.25, 0.3) is 0 Å². The summed E-state index contributed by atoms with van der Waals surface area (Å²) < 4.78 is 0. The van der Waals surface area contributed by atoms with E-state index in [2.05, 4.69) is 0 Å². The van der Waals surface area contributed by atoms with Gasteiger partial charge < -0.3 is 40.9 Å². The molecule has 0 aromatic heterocycles. The zero-order chi connectivity index (χ0) is 46.3. The van der Waals surface area contributed by atoms with E-state index in [1.165, 1.54) is 0 Å². The molecule has 0 aliphatic heterocycles. The van der Waals surface area contributed by atoms with E-state index in [9.17, 15) is 40.9 Å². The maximum absolute atomic E-state index is 11.9. The summed E-state index contributed by atoms with van der Waals surface area (Å²) in [6.07, 6.45) is 0. The first-order chi connectivity index (χ1) is 31.7. The predicted molar refractivity (Wildman–Crippen MR) is 258 cm³/mol. The number of benzene rings is 9. The summed E-state index contributed by atoms with van der Waals surface area (Å²) >= 11 is 0. The molecule has 8 heteroatoms. The first-order valence-electron chi connectivity index (χ1n) is 21.3. The number of phenols is 8. The van der Waals surface area contributed by atoms with E-state index in [4.69, 9.17) is 0 Å². The van der Waals surface area contributed by atoms with E-state index in [0.717, 1.165) is 44.5 Å². The van der Waals surface area contributed by atoms with Crippen LogP contribution in [0, 0.1) is 0 Å². The lowest BCUT2D eigenvalue weighted by molar-refractivity contribution is 0.440. The Morgan fingerprint density at radius 3 is 0.606 bits per heavy atom. The Morgan fingerprint density at radius 1 is 0.227 bits per heavy atom. The van der Waals surface area contributed by atoms with Crippen LogP contribution < -0.4 is 0 Å². The second-order valence-electron chi connectivity index (χ2n) is 16.9. The van der Waals surface area contributed by atoms with Crippen LogP contribution in [0.15, 0.2) is 194 Å². The second kappa shape index (κ2) is 16.8. The van der Waals surface area contributed by atoms with Crippen molar-refractivity contribution in [2.45, 2.75) is 24.7 Å². The van der Waals surface area contributed by atoms with E-state index in [-0.39, 0.29) is 46.0 Å². The maximum atomic E-state index is 11.9. The van der Waals surface area contributed by atoms with E-state index < -0.39 is 10.8 Å². The molecule has 326 valence electrons. The van der Waals surface area contributed by atoms with Gasteiger partial charge in [-0.15, -0.1) is 0 Å². The highest BCUT2D eigenvalue weighted by molar-refractivity contribution is 5.75. The van der Waals surface area contributed by atoms with Crippen LogP contribution in [0.1, 0.15) is 47.2 Å². The van der Waals surface area contributed by atoms with Crippen molar-refractivity contribution in [3.05, 3.63) is 228 Å². The van der Waals surface area contributed by atoms with Crippen LogP contribution in [0.5, 0.6) is 46.0 Å². The fourth-order valence-corrected chi connectivity index (χ4v) is 9.13. The molecule has 0 unspecified atom stereocenters. The first kappa shape index (κ1) is 42.7. The fourth-order valence-electron chi connectivity index (χ4n) is 9.13. The highest BCUT2D eigenvalue weighted by atomic mass is 16.3. The van der Waals surface area contributed by atoms with Gasteiger partial charge in [0, 0.05) is 33.1 Å². The lowest BCUT2D eigenvalue weighted by atomic mass is 9.67. The molecule has 0 fully saturated rings. The normalized spacial score (nSPS) is 11.7. The zero-order valence-corrected chi connectivity index (χ0v) is 36.1. The lowest BCUT2D eigenvalue weighted by Gasteiger charge is -2.36. The number of hydrogen-bond donors (Lipinski definition) is 8. The Kier molecular flexibility index (Phi) is 10.9. The van der Waals surface area contributed by atoms with Gasteiger partial charge in [-0.05, 0) is 167 Å². The van der Waals surface area contributed by atoms with Crippen LogP contribution in [0.4, 0.5) is 0 Å². The zero-order valence-electron chi connectivity index (χ0n) is 36.1. The third kappa shape index (κ3) is 7.75. The molecule has 0 amide bonds. The SMILES string of the molecule is CC(c1ccc(C(C)(c2cc(-c3ccc(O)cc3)ccc2O)c2cc(-c3ccc(O)cc3)ccc2O)cc1)(c1cc(-c2ccc(O)cc2)ccc1O)c1cc(-c2ccc(O)cc2)ccc1O. The molecule has 0 atom stereocenters. The van der Waals surface area contributed by atoms with Gasteiger partial charge in [-0.2, -0.15) is 0 Å². The van der Waals surface area contributed by atoms with Crippen LogP contribution in [-0.4, -0.2) is 40.9 Å². The molecule has 9 aromatic carbocycles. The maximum Gasteiger partial charge on any atom is 0.120 e. The van der Waals surface area contributed by atoms with Gasteiger partial charge in [-0.25, -0.2) is 0 Å². The van der Waals surface area contributed by atoms with E-state index in [1.807, 2.05) is 62.4 Å². The molecule has 9 aromatic rings. The van der Waals surface area contributed by atoms with Gasteiger partial charge in [-0.3, -0.25) is 0 Å². The Labute approximate surface area is 382 Å². The fraction of sp³-hybridized carbons (Fsp3) is 0.0690. The van der Waals surface area contributed by atoms with Gasteiger partial charge in [-0.1, -0.05) is 97.1 Å². The molecule has 0 bridgehead atoms. The van der Waals surface area contributed by atoms with Gasteiger partial charge in [0.05, 0.1) is 0 Å². The van der Waals surface area contributed by atoms with Crippen LogP contribution in [0.2, 0.25) is 0 Å². The third-order valence-electron chi connectivity index (χ3n) is 13.0. The molecule has 8 N–H and O–H groups in total. The topological polar surface area (TPSA) is 162 Å². The largest absolute Gasteiger partial charge is 0.508 e. The number of hydrogen-bond acceptors (Lipinski definition) is 8. The molecule has 0 spiro atoms. The van der Waals surface area contributed by atoms with Crippen molar-refractivity contribution in [1.29, 1.82) is 0 Å². The van der Waals surface area contributed by atoms with Crippen LogP contribution >= 0.6 is 0 Å². The van der Waals surface area contributed by atoms with Crippen LogP contribution in [-0.2, 0) is 10.8 Å². The Balaban J connectivity index is 1.27. The molecule has 0 aliphatic rings. The molecular formula is C58H46O8. The average Bonchev–Trinajstić information content (AvgIpc) is 3.33. The minimum atomic E-state index is -1.23. The Morgan fingerprint density at radius 2 is 0.409 bits per heavy atom. The Bertz CT molecular complexity index is 2800. The molecule has 9 rings (SSSR count). The minimum absolute atomic E-state index is 0.0182.